The molecule has 1 amide bonds. The van der Waals surface area contributed by atoms with Crippen molar-refractivity contribution in [1.29, 1.82) is 0 Å². The first-order valence-electron chi connectivity index (χ1n) is 8.96. The summed E-state index contributed by atoms with van der Waals surface area (Å²) < 4.78 is 0. The number of ketones is 1. The minimum atomic E-state index is -1.22. The van der Waals surface area contributed by atoms with E-state index < -0.39 is 17.8 Å². The molecule has 1 unspecified atom stereocenters. The molecule has 0 fully saturated rings. The van der Waals surface area contributed by atoms with E-state index in [1.807, 2.05) is 0 Å². The number of aromatic carboxylic acids is 1. The van der Waals surface area contributed by atoms with Crippen LogP contribution < -0.4 is 5.32 Å². The number of hydrogen-bond acceptors (Lipinski definition) is 6. The Balaban J connectivity index is 1.67. The second kappa shape index (κ2) is 7.59. The summed E-state index contributed by atoms with van der Waals surface area (Å²) in [5.74, 6) is -2.33. The maximum absolute atomic E-state index is 12.8. The number of carbonyl (C=O) groups excluding carboxylic acids is 2. The van der Waals surface area contributed by atoms with E-state index in [2.05, 4.69) is 15.5 Å². The van der Waals surface area contributed by atoms with Gasteiger partial charge in [-0.15, -0.1) is 0 Å². The lowest BCUT2D eigenvalue weighted by molar-refractivity contribution is -0.117. The first-order valence-corrected chi connectivity index (χ1v) is 8.96. The predicted octanol–water partition coefficient (Wildman–Crippen LogP) is 4.10. The molecule has 30 heavy (non-hydrogen) atoms. The third kappa shape index (κ3) is 3.42. The Labute approximate surface area is 170 Å². The smallest absolute Gasteiger partial charge is 0.336 e. The molecule has 0 saturated heterocycles. The van der Waals surface area contributed by atoms with Gasteiger partial charge in [0.25, 0.3) is 5.91 Å². The molecule has 4 rings (SSSR count). The Kier molecular flexibility index (Phi) is 4.81. The van der Waals surface area contributed by atoms with Gasteiger partial charge < -0.3 is 15.5 Å². The first-order chi connectivity index (χ1) is 14.5. The lowest BCUT2D eigenvalue weighted by Crippen LogP contribution is -2.09. The second-order valence-corrected chi connectivity index (χ2v) is 6.58. The van der Waals surface area contributed by atoms with Crippen molar-refractivity contribution >= 4 is 29.0 Å². The Morgan fingerprint density at radius 1 is 0.933 bits per heavy atom. The largest absolute Gasteiger partial charge is 0.506 e. The number of nitrogens with one attached hydrogen (secondary N) is 1. The molecule has 148 valence electrons. The third-order valence-electron chi connectivity index (χ3n) is 4.68. The van der Waals surface area contributed by atoms with Crippen LogP contribution in [0.15, 0.2) is 77.0 Å². The van der Waals surface area contributed by atoms with Gasteiger partial charge in [0, 0.05) is 22.4 Å². The molecule has 3 aromatic rings. The van der Waals surface area contributed by atoms with Crippen LogP contribution in [0.5, 0.6) is 5.75 Å². The van der Waals surface area contributed by atoms with Crippen molar-refractivity contribution in [2.24, 2.45) is 10.2 Å². The first kappa shape index (κ1) is 19.0. The van der Waals surface area contributed by atoms with E-state index in [9.17, 15) is 24.6 Å². The number of aromatic hydroxyl groups is 1. The molecule has 3 aromatic carbocycles. The number of nitrogens with zero attached hydrogens (tertiary/aromatic N) is 2. The molecule has 0 aromatic heterocycles. The van der Waals surface area contributed by atoms with Crippen molar-refractivity contribution < 1.29 is 24.6 Å². The zero-order valence-electron chi connectivity index (χ0n) is 15.4. The quantitative estimate of drug-likeness (QED) is 0.438. The van der Waals surface area contributed by atoms with Crippen molar-refractivity contribution in [3.05, 3.63) is 89.0 Å². The lowest BCUT2D eigenvalue weighted by Gasteiger charge is -2.07. The van der Waals surface area contributed by atoms with E-state index in [0.29, 0.717) is 11.3 Å². The molecule has 0 bridgehead atoms. The number of anilines is 1. The van der Waals surface area contributed by atoms with Gasteiger partial charge in [-0.1, -0.05) is 36.4 Å². The van der Waals surface area contributed by atoms with Crippen LogP contribution >= 0.6 is 0 Å². The Hall–Kier alpha value is -4.33. The summed E-state index contributed by atoms with van der Waals surface area (Å²) in [5.41, 5.74) is 1.32. The molecule has 3 N–H and O–H groups in total. The maximum atomic E-state index is 12.8. The molecule has 8 heteroatoms. The Morgan fingerprint density at radius 3 is 2.40 bits per heavy atom. The third-order valence-corrected chi connectivity index (χ3v) is 4.68. The van der Waals surface area contributed by atoms with Crippen LogP contribution in [0, 0.1) is 0 Å². The van der Waals surface area contributed by atoms with Gasteiger partial charge in [-0.05, 0) is 30.3 Å². The summed E-state index contributed by atoms with van der Waals surface area (Å²) in [5, 5.41) is 30.1. The molecule has 8 nitrogen and oxygen atoms in total. The maximum Gasteiger partial charge on any atom is 0.336 e. The fourth-order valence-corrected chi connectivity index (χ4v) is 3.19. The molecule has 0 spiro atoms. The van der Waals surface area contributed by atoms with E-state index in [4.69, 9.17) is 0 Å². The molecule has 1 aliphatic heterocycles. The van der Waals surface area contributed by atoms with Gasteiger partial charge in [-0.2, -0.15) is 10.2 Å². The van der Waals surface area contributed by atoms with Gasteiger partial charge in [-0.3, -0.25) is 9.59 Å². The highest BCUT2D eigenvalue weighted by atomic mass is 16.4. The number of rotatable bonds is 5. The van der Waals surface area contributed by atoms with Gasteiger partial charge in [0.2, 0.25) is 0 Å². The number of amides is 1. The van der Waals surface area contributed by atoms with Crippen molar-refractivity contribution in [3.8, 4) is 5.75 Å². The molecular weight excluding hydrogens is 386 g/mol. The van der Waals surface area contributed by atoms with Crippen molar-refractivity contribution in [2.45, 2.75) is 6.04 Å². The highest BCUT2D eigenvalue weighted by molar-refractivity contribution is 6.14. The standard InChI is InChI=1S/C22H15N3O5/c26-18-10-9-12(20(27)13-5-1-2-6-14(13)22(29)30)11-17(18)24-25-19-15-7-3-4-8-16(15)23-21(19)28/h1-11,19,26H,(H,23,28)(H,29,30). The number of hydrogen-bond donors (Lipinski definition) is 3. The Bertz CT molecular complexity index is 1220. The molecule has 0 saturated carbocycles. The van der Waals surface area contributed by atoms with Crippen molar-refractivity contribution in [3.63, 3.8) is 0 Å². The second-order valence-electron chi connectivity index (χ2n) is 6.58. The summed E-state index contributed by atoms with van der Waals surface area (Å²) in [7, 11) is 0. The molecular formula is C22H15N3O5. The van der Waals surface area contributed by atoms with Gasteiger partial charge >= 0.3 is 5.97 Å². The number of phenolic OH excluding ortho intramolecular Hbond substituents is 1. The minimum absolute atomic E-state index is 0.00848. The highest BCUT2D eigenvalue weighted by Gasteiger charge is 2.30. The number of fused-ring (bicyclic) bond motifs is 1. The number of azo groups is 1. The van der Waals surface area contributed by atoms with E-state index in [1.54, 1.807) is 30.3 Å². The zero-order valence-corrected chi connectivity index (χ0v) is 15.4. The molecule has 0 aliphatic carbocycles. The van der Waals surface area contributed by atoms with E-state index >= 15 is 0 Å². The van der Waals surface area contributed by atoms with Crippen LogP contribution in [-0.2, 0) is 4.79 Å². The Morgan fingerprint density at radius 2 is 1.63 bits per heavy atom. The topological polar surface area (TPSA) is 128 Å². The highest BCUT2D eigenvalue weighted by Crippen LogP contribution is 2.35. The number of para-hydroxylation sites is 1. The SMILES string of the molecule is O=C(O)c1ccccc1C(=O)c1ccc(O)c(N=NC2C(=O)Nc3ccccc32)c1. The molecule has 1 aliphatic rings. The van der Waals surface area contributed by atoms with E-state index in [0.717, 1.165) is 0 Å². The average Bonchev–Trinajstić information content (AvgIpc) is 3.07. The van der Waals surface area contributed by atoms with Crippen LogP contribution in [0.1, 0.15) is 37.9 Å². The fourth-order valence-electron chi connectivity index (χ4n) is 3.19. The van der Waals surface area contributed by atoms with Crippen LogP contribution in [0.4, 0.5) is 11.4 Å². The summed E-state index contributed by atoms with van der Waals surface area (Å²) >= 11 is 0. The molecule has 1 heterocycles. The summed E-state index contributed by atoms with van der Waals surface area (Å²) in [6.45, 7) is 0. The van der Waals surface area contributed by atoms with Gasteiger partial charge in [0.1, 0.15) is 11.4 Å². The number of benzene rings is 3. The van der Waals surface area contributed by atoms with Gasteiger partial charge in [-0.25, -0.2) is 4.79 Å². The van der Waals surface area contributed by atoms with Gasteiger partial charge in [0.15, 0.2) is 11.8 Å². The fraction of sp³-hybridized carbons (Fsp3) is 0.0455. The van der Waals surface area contributed by atoms with Gasteiger partial charge in [0.05, 0.1) is 5.56 Å². The predicted molar refractivity (Wildman–Crippen MR) is 107 cm³/mol. The molecule has 0 radical (unpaired) electrons. The summed E-state index contributed by atoms with van der Waals surface area (Å²) in [6, 6.07) is 16.0. The normalized spacial score (nSPS) is 15.1. The molecule has 1 atom stereocenters. The summed E-state index contributed by atoms with van der Waals surface area (Å²) in [6.07, 6.45) is 0. The van der Waals surface area contributed by atoms with E-state index in [-0.39, 0.29) is 34.0 Å². The summed E-state index contributed by atoms with van der Waals surface area (Å²) in [4.78, 5) is 36.4. The van der Waals surface area contributed by atoms with Crippen LogP contribution in [0.25, 0.3) is 0 Å². The minimum Gasteiger partial charge on any atom is -0.506 e. The van der Waals surface area contributed by atoms with Crippen LogP contribution in [0.2, 0.25) is 0 Å². The average molecular weight is 401 g/mol. The van der Waals surface area contributed by atoms with Crippen molar-refractivity contribution in [2.75, 3.05) is 5.32 Å². The lowest BCUT2D eigenvalue weighted by atomic mass is 9.98. The van der Waals surface area contributed by atoms with E-state index in [1.165, 1.54) is 36.4 Å². The van der Waals surface area contributed by atoms with Crippen molar-refractivity contribution in [1.82, 2.24) is 0 Å². The number of carboxylic acid groups (broad SMARTS) is 1. The number of phenols is 1. The number of carbonyl (C=O) groups is 3. The number of carboxylic acids is 1. The van der Waals surface area contributed by atoms with Crippen LogP contribution in [-0.4, -0.2) is 27.9 Å². The van der Waals surface area contributed by atoms with Crippen LogP contribution in [0.3, 0.4) is 0 Å². The zero-order chi connectivity index (χ0) is 21.3. The monoisotopic (exact) mass is 401 g/mol.